The first-order valence-corrected chi connectivity index (χ1v) is 6.23. The SMILES string of the molecule is O=C1CSC(SCc2ccccc2)=N1. The molecule has 0 radical (unpaired) electrons. The Kier molecular flexibility index (Phi) is 3.26. The zero-order chi connectivity index (χ0) is 9.80. The van der Waals surface area contributed by atoms with Gasteiger partial charge in [-0.3, -0.25) is 4.79 Å². The molecule has 1 heterocycles. The first-order valence-electron chi connectivity index (χ1n) is 4.25. The number of hydrogen-bond donors (Lipinski definition) is 0. The first-order chi connectivity index (χ1) is 6.84. The number of rotatable bonds is 2. The Hall–Kier alpha value is -0.740. The molecule has 0 fully saturated rings. The van der Waals surface area contributed by atoms with E-state index in [0.29, 0.717) is 5.75 Å². The molecule has 1 aliphatic heterocycles. The Bertz CT molecular complexity index is 362. The fraction of sp³-hybridized carbons (Fsp3) is 0.200. The van der Waals surface area contributed by atoms with Gasteiger partial charge in [0.1, 0.15) is 4.38 Å². The molecule has 1 aromatic carbocycles. The largest absolute Gasteiger partial charge is 0.272 e. The zero-order valence-corrected chi connectivity index (χ0v) is 9.11. The van der Waals surface area contributed by atoms with Crippen LogP contribution in [0.2, 0.25) is 0 Å². The molecule has 0 saturated heterocycles. The maximum Gasteiger partial charge on any atom is 0.257 e. The van der Waals surface area contributed by atoms with Crippen molar-refractivity contribution in [2.24, 2.45) is 4.99 Å². The van der Waals surface area contributed by atoms with E-state index in [1.807, 2.05) is 18.2 Å². The van der Waals surface area contributed by atoms with Gasteiger partial charge in [0, 0.05) is 5.75 Å². The van der Waals surface area contributed by atoms with Crippen LogP contribution in [0.3, 0.4) is 0 Å². The second-order valence-electron chi connectivity index (χ2n) is 2.83. The standard InChI is InChI=1S/C10H9NOS2/c12-9-7-14-10(11-9)13-6-8-4-2-1-3-5-8/h1-5H,6-7H2. The third kappa shape index (κ3) is 2.62. The minimum absolute atomic E-state index is 0.00874. The average molecular weight is 223 g/mol. The second kappa shape index (κ2) is 4.66. The van der Waals surface area contributed by atoms with E-state index < -0.39 is 0 Å². The summed E-state index contributed by atoms with van der Waals surface area (Å²) in [7, 11) is 0. The van der Waals surface area contributed by atoms with Gasteiger partial charge in [0.05, 0.1) is 5.75 Å². The lowest BCUT2D eigenvalue weighted by molar-refractivity contribution is -0.115. The van der Waals surface area contributed by atoms with E-state index in [2.05, 4.69) is 17.1 Å². The number of hydrogen-bond acceptors (Lipinski definition) is 3. The van der Waals surface area contributed by atoms with Gasteiger partial charge in [-0.2, -0.15) is 4.99 Å². The van der Waals surface area contributed by atoms with Gasteiger partial charge in [-0.1, -0.05) is 53.9 Å². The summed E-state index contributed by atoms with van der Waals surface area (Å²) in [6.45, 7) is 0. The van der Waals surface area contributed by atoms with Crippen molar-refractivity contribution in [1.82, 2.24) is 0 Å². The fourth-order valence-electron chi connectivity index (χ4n) is 1.08. The van der Waals surface area contributed by atoms with Crippen LogP contribution in [0.1, 0.15) is 5.56 Å². The van der Waals surface area contributed by atoms with Gasteiger partial charge in [0.2, 0.25) is 0 Å². The number of thioether (sulfide) groups is 2. The molecule has 1 amide bonds. The maximum atomic E-state index is 10.8. The molecule has 4 heteroatoms. The predicted molar refractivity (Wildman–Crippen MR) is 62.6 cm³/mol. The van der Waals surface area contributed by atoms with E-state index in [1.165, 1.54) is 17.3 Å². The summed E-state index contributed by atoms with van der Waals surface area (Å²) < 4.78 is 0.902. The molecule has 0 bridgehead atoms. The summed E-state index contributed by atoms with van der Waals surface area (Å²) in [6, 6.07) is 10.2. The van der Waals surface area contributed by atoms with Crippen molar-refractivity contribution in [2.75, 3.05) is 5.75 Å². The highest BCUT2D eigenvalue weighted by molar-refractivity contribution is 8.39. The van der Waals surface area contributed by atoms with Gasteiger partial charge in [0.15, 0.2) is 0 Å². The van der Waals surface area contributed by atoms with Crippen LogP contribution >= 0.6 is 23.5 Å². The van der Waals surface area contributed by atoms with Crippen molar-refractivity contribution < 1.29 is 4.79 Å². The fourth-order valence-corrected chi connectivity index (χ4v) is 2.90. The number of carbonyl (C=O) groups excluding carboxylic acids is 1. The monoisotopic (exact) mass is 223 g/mol. The zero-order valence-electron chi connectivity index (χ0n) is 7.47. The molecule has 0 atom stereocenters. The summed E-state index contributed by atoms with van der Waals surface area (Å²) in [6.07, 6.45) is 0. The minimum Gasteiger partial charge on any atom is -0.272 e. The third-order valence-corrected chi connectivity index (χ3v) is 3.99. The number of benzene rings is 1. The Balaban J connectivity index is 1.89. The normalized spacial score (nSPS) is 15.7. The van der Waals surface area contributed by atoms with Gasteiger partial charge < -0.3 is 0 Å². The molecule has 1 aromatic rings. The van der Waals surface area contributed by atoms with E-state index in [9.17, 15) is 4.79 Å². The summed E-state index contributed by atoms with van der Waals surface area (Å²) in [4.78, 5) is 14.8. The Morgan fingerprint density at radius 2 is 2.14 bits per heavy atom. The van der Waals surface area contributed by atoms with Crippen molar-refractivity contribution in [2.45, 2.75) is 5.75 Å². The van der Waals surface area contributed by atoms with E-state index in [4.69, 9.17) is 0 Å². The van der Waals surface area contributed by atoms with Crippen LogP contribution in [0.15, 0.2) is 35.3 Å². The first kappa shape index (κ1) is 9.80. The smallest absolute Gasteiger partial charge is 0.257 e. The van der Waals surface area contributed by atoms with Gasteiger partial charge >= 0.3 is 0 Å². The highest BCUT2D eigenvalue weighted by Crippen LogP contribution is 2.25. The molecule has 0 N–H and O–H groups in total. The van der Waals surface area contributed by atoms with Gasteiger partial charge in [-0.15, -0.1) is 0 Å². The molecule has 0 spiro atoms. The molecule has 2 rings (SSSR count). The number of aliphatic imine (C=N–C) groups is 1. The Morgan fingerprint density at radius 1 is 1.36 bits per heavy atom. The Morgan fingerprint density at radius 3 is 2.79 bits per heavy atom. The molecule has 0 unspecified atom stereocenters. The van der Waals surface area contributed by atoms with Crippen molar-refractivity contribution >= 4 is 33.8 Å². The van der Waals surface area contributed by atoms with Crippen LogP contribution in [0.5, 0.6) is 0 Å². The molecule has 72 valence electrons. The molecule has 14 heavy (non-hydrogen) atoms. The second-order valence-corrected chi connectivity index (χ2v) is 5.02. The van der Waals surface area contributed by atoms with Gasteiger partial charge in [-0.05, 0) is 5.56 Å². The number of amides is 1. The van der Waals surface area contributed by atoms with E-state index >= 15 is 0 Å². The van der Waals surface area contributed by atoms with Crippen molar-refractivity contribution in [1.29, 1.82) is 0 Å². The average Bonchev–Trinajstić information content (AvgIpc) is 2.63. The molecule has 0 saturated carbocycles. The van der Waals surface area contributed by atoms with Gasteiger partial charge in [-0.25, -0.2) is 0 Å². The van der Waals surface area contributed by atoms with Crippen LogP contribution < -0.4 is 0 Å². The van der Waals surface area contributed by atoms with Crippen LogP contribution in [0.4, 0.5) is 0 Å². The summed E-state index contributed by atoms with van der Waals surface area (Å²) in [5, 5.41) is 0. The quantitative estimate of drug-likeness (QED) is 0.771. The van der Waals surface area contributed by atoms with E-state index in [0.717, 1.165) is 10.1 Å². The number of nitrogens with zero attached hydrogens (tertiary/aromatic N) is 1. The molecule has 2 nitrogen and oxygen atoms in total. The van der Waals surface area contributed by atoms with E-state index in [-0.39, 0.29) is 5.91 Å². The minimum atomic E-state index is -0.00874. The van der Waals surface area contributed by atoms with Crippen LogP contribution in [0.25, 0.3) is 0 Å². The molecule has 0 aliphatic carbocycles. The topological polar surface area (TPSA) is 29.4 Å². The van der Waals surface area contributed by atoms with Crippen molar-refractivity contribution in [3.8, 4) is 0 Å². The predicted octanol–water partition coefficient (Wildman–Crippen LogP) is 2.55. The summed E-state index contributed by atoms with van der Waals surface area (Å²) in [5.74, 6) is 1.39. The third-order valence-electron chi connectivity index (χ3n) is 1.74. The Labute approximate surface area is 91.2 Å². The lowest BCUT2D eigenvalue weighted by atomic mass is 10.2. The lowest BCUT2D eigenvalue weighted by Crippen LogP contribution is -1.86. The van der Waals surface area contributed by atoms with Crippen LogP contribution in [-0.4, -0.2) is 16.0 Å². The van der Waals surface area contributed by atoms with Crippen LogP contribution in [0, 0.1) is 0 Å². The molecule has 0 aromatic heterocycles. The number of carbonyl (C=O) groups is 1. The highest BCUT2D eigenvalue weighted by atomic mass is 32.2. The molecular formula is C10H9NOS2. The summed E-state index contributed by atoms with van der Waals surface area (Å²) >= 11 is 3.17. The van der Waals surface area contributed by atoms with Crippen molar-refractivity contribution in [3.63, 3.8) is 0 Å². The van der Waals surface area contributed by atoms with E-state index in [1.54, 1.807) is 11.8 Å². The van der Waals surface area contributed by atoms with Crippen molar-refractivity contribution in [3.05, 3.63) is 35.9 Å². The summed E-state index contributed by atoms with van der Waals surface area (Å²) in [5.41, 5.74) is 1.26. The maximum absolute atomic E-state index is 10.8. The molecular weight excluding hydrogens is 214 g/mol. The van der Waals surface area contributed by atoms with Gasteiger partial charge in [0.25, 0.3) is 5.91 Å². The molecule has 1 aliphatic rings. The highest BCUT2D eigenvalue weighted by Gasteiger charge is 2.14. The van der Waals surface area contributed by atoms with Crippen LogP contribution in [-0.2, 0) is 10.5 Å². The lowest BCUT2D eigenvalue weighted by Gasteiger charge is -1.98.